The zero-order valence-corrected chi connectivity index (χ0v) is 12.7. The van der Waals surface area contributed by atoms with Crippen LogP contribution in [0.2, 0.25) is 0 Å². The summed E-state index contributed by atoms with van der Waals surface area (Å²) in [4.78, 5) is 11.5. The van der Waals surface area contributed by atoms with E-state index >= 15 is 0 Å². The van der Waals surface area contributed by atoms with Crippen LogP contribution in [-0.2, 0) is 4.79 Å². The van der Waals surface area contributed by atoms with Crippen molar-refractivity contribution in [3.8, 4) is 11.8 Å². The van der Waals surface area contributed by atoms with Gasteiger partial charge in [-0.25, -0.2) is 0 Å². The number of halogens is 1. The molecule has 0 saturated heterocycles. The van der Waals surface area contributed by atoms with Crippen LogP contribution in [-0.4, -0.2) is 19.1 Å². The lowest BCUT2D eigenvalue weighted by atomic mass is 10.1. The number of hydrogen-bond acceptors (Lipinski definition) is 3. The van der Waals surface area contributed by atoms with Crippen molar-refractivity contribution in [1.82, 2.24) is 5.32 Å². The lowest BCUT2D eigenvalue weighted by molar-refractivity contribution is -0.123. The molecule has 1 rings (SSSR count). The lowest BCUT2D eigenvalue weighted by Crippen LogP contribution is -2.30. The molecule has 0 saturated carbocycles. The second kappa shape index (κ2) is 7.80. The summed E-state index contributed by atoms with van der Waals surface area (Å²) in [5, 5.41) is 11.7. The van der Waals surface area contributed by atoms with Gasteiger partial charge in [0.25, 0.3) is 5.91 Å². The van der Waals surface area contributed by atoms with Crippen molar-refractivity contribution in [2.75, 3.05) is 13.2 Å². The Morgan fingerprint density at radius 1 is 1.53 bits per heavy atom. The van der Waals surface area contributed by atoms with Crippen LogP contribution in [0.5, 0.6) is 5.75 Å². The summed E-state index contributed by atoms with van der Waals surface area (Å²) >= 11 is 3.28. The first-order valence-electron chi connectivity index (χ1n) is 6.12. The summed E-state index contributed by atoms with van der Waals surface area (Å²) in [6.07, 6.45) is 0.938. The fourth-order valence-corrected chi connectivity index (χ4v) is 1.77. The molecule has 1 N–H and O–H groups in total. The SMILES string of the molecule is CC(C)CCNC(=O)COc1ccc(Br)cc1C#N. The van der Waals surface area contributed by atoms with Gasteiger partial charge in [0, 0.05) is 11.0 Å². The second-order valence-corrected chi connectivity index (χ2v) is 5.49. The Morgan fingerprint density at radius 3 is 2.89 bits per heavy atom. The first-order chi connectivity index (χ1) is 9.02. The minimum Gasteiger partial charge on any atom is -0.482 e. The number of ether oxygens (including phenoxy) is 1. The Balaban J connectivity index is 2.44. The highest BCUT2D eigenvalue weighted by Crippen LogP contribution is 2.22. The largest absolute Gasteiger partial charge is 0.482 e. The van der Waals surface area contributed by atoms with Crippen LogP contribution < -0.4 is 10.1 Å². The number of rotatable bonds is 6. The fraction of sp³-hybridized carbons (Fsp3) is 0.429. The molecule has 0 bridgehead atoms. The fourth-order valence-electron chi connectivity index (χ4n) is 1.41. The number of nitrogens with one attached hydrogen (secondary N) is 1. The highest BCUT2D eigenvalue weighted by Gasteiger charge is 2.07. The van der Waals surface area contributed by atoms with Crippen molar-refractivity contribution < 1.29 is 9.53 Å². The van der Waals surface area contributed by atoms with Crippen LogP contribution >= 0.6 is 15.9 Å². The Labute approximate surface area is 121 Å². The van der Waals surface area contributed by atoms with Gasteiger partial charge in [-0.3, -0.25) is 4.79 Å². The summed E-state index contributed by atoms with van der Waals surface area (Å²) in [6.45, 7) is 4.77. The van der Waals surface area contributed by atoms with Crippen LogP contribution in [0, 0.1) is 17.2 Å². The summed E-state index contributed by atoms with van der Waals surface area (Å²) in [5.41, 5.74) is 0.407. The number of benzene rings is 1. The maximum atomic E-state index is 11.5. The smallest absolute Gasteiger partial charge is 0.257 e. The standard InChI is InChI=1S/C14H17BrN2O2/c1-10(2)5-6-17-14(18)9-19-13-4-3-12(15)7-11(13)8-16/h3-4,7,10H,5-6,9H2,1-2H3,(H,17,18). The maximum absolute atomic E-state index is 11.5. The third-order valence-corrected chi connectivity index (χ3v) is 2.96. The third kappa shape index (κ3) is 5.75. The lowest BCUT2D eigenvalue weighted by Gasteiger charge is -2.09. The molecule has 0 fully saturated rings. The van der Waals surface area contributed by atoms with Gasteiger partial charge in [-0.1, -0.05) is 29.8 Å². The van der Waals surface area contributed by atoms with Gasteiger partial charge in [-0.15, -0.1) is 0 Å². The molecule has 0 atom stereocenters. The van der Waals surface area contributed by atoms with Crippen LogP contribution in [0.3, 0.4) is 0 Å². The van der Waals surface area contributed by atoms with Gasteiger partial charge < -0.3 is 10.1 Å². The van der Waals surface area contributed by atoms with E-state index < -0.39 is 0 Å². The molecule has 0 aromatic heterocycles. The van der Waals surface area contributed by atoms with Crippen molar-refractivity contribution in [2.45, 2.75) is 20.3 Å². The third-order valence-electron chi connectivity index (χ3n) is 2.46. The molecule has 0 aliphatic rings. The molecule has 5 heteroatoms. The quantitative estimate of drug-likeness (QED) is 0.875. The van der Waals surface area contributed by atoms with Crippen LogP contribution in [0.4, 0.5) is 0 Å². The van der Waals surface area contributed by atoms with Gasteiger partial charge in [-0.2, -0.15) is 5.26 Å². The van der Waals surface area contributed by atoms with Gasteiger partial charge in [0.1, 0.15) is 11.8 Å². The maximum Gasteiger partial charge on any atom is 0.257 e. The van der Waals surface area contributed by atoms with Gasteiger partial charge in [0.15, 0.2) is 6.61 Å². The van der Waals surface area contributed by atoms with Crippen molar-refractivity contribution in [3.05, 3.63) is 28.2 Å². The van der Waals surface area contributed by atoms with E-state index in [2.05, 4.69) is 35.1 Å². The predicted octanol–water partition coefficient (Wildman–Crippen LogP) is 2.86. The zero-order chi connectivity index (χ0) is 14.3. The highest BCUT2D eigenvalue weighted by molar-refractivity contribution is 9.10. The van der Waals surface area contributed by atoms with Crippen molar-refractivity contribution >= 4 is 21.8 Å². The summed E-state index contributed by atoms with van der Waals surface area (Å²) < 4.78 is 6.15. The molecule has 0 heterocycles. The number of nitrogens with zero attached hydrogens (tertiary/aromatic N) is 1. The van der Waals surface area contributed by atoms with Gasteiger partial charge >= 0.3 is 0 Å². The van der Waals surface area contributed by atoms with E-state index in [0.717, 1.165) is 10.9 Å². The Kier molecular flexibility index (Phi) is 6.37. The van der Waals surface area contributed by atoms with Crippen molar-refractivity contribution in [1.29, 1.82) is 5.26 Å². The number of hydrogen-bond donors (Lipinski definition) is 1. The van der Waals surface area contributed by atoms with E-state index in [0.29, 0.717) is 23.8 Å². The molecule has 102 valence electrons. The molecule has 1 amide bonds. The summed E-state index contributed by atoms with van der Waals surface area (Å²) in [7, 11) is 0. The first-order valence-corrected chi connectivity index (χ1v) is 6.91. The zero-order valence-electron chi connectivity index (χ0n) is 11.1. The van der Waals surface area contributed by atoms with E-state index in [9.17, 15) is 4.79 Å². The molecule has 1 aromatic carbocycles. The summed E-state index contributed by atoms with van der Waals surface area (Å²) in [6, 6.07) is 7.13. The molecular weight excluding hydrogens is 308 g/mol. The molecule has 1 aromatic rings. The van der Waals surface area contributed by atoms with Crippen LogP contribution in [0.25, 0.3) is 0 Å². The molecular formula is C14H17BrN2O2. The van der Waals surface area contributed by atoms with Gasteiger partial charge in [0.2, 0.25) is 0 Å². The van der Waals surface area contributed by atoms with E-state index in [-0.39, 0.29) is 12.5 Å². The minimum absolute atomic E-state index is 0.0750. The molecule has 4 nitrogen and oxygen atoms in total. The summed E-state index contributed by atoms with van der Waals surface area (Å²) in [5.74, 6) is 0.801. The molecule has 0 unspecified atom stereocenters. The Morgan fingerprint density at radius 2 is 2.26 bits per heavy atom. The van der Waals surface area contributed by atoms with Crippen molar-refractivity contribution in [2.24, 2.45) is 5.92 Å². The number of carbonyl (C=O) groups excluding carboxylic acids is 1. The van der Waals surface area contributed by atoms with Gasteiger partial charge in [-0.05, 0) is 30.5 Å². The molecule has 0 aliphatic heterocycles. The molecule has 0 radical (unpaired) electrons. The number of carbonyl (C=O) groups is 1. The number of amides is 1. The van der Waals surface area contributed by atoms with Crippen LogP contribution in [0.15, 0.2) is 22.7 Å². The monoisotopic (exact) mass is 324 g/mol. The van der Waals surface area contributed by atoms with E-state index in [4.69, 9.17) is 10.00 Å². The normalized spacial score (nSPS) is 10.1. The Hall–Kier alpha value is -1.54. The molecule has 19 heavy (non-hydrogen) atoms. The topological polar surface area (TPSA) is 62.1 Å². The van der Waals surface area contributed by atoms with E-state index in [1.807, 2.05) is 6.07 Å². The van der Waals surface area contributed by atoms with E-state index in [1.165, 1.54) is 0 Å². The average Bonchev–Trinajstić information content (AvgIpc) is 2.36. The van der Waals surface area contributed by atoms with Crippen molar-refractivity contribution in [3.63, 3.8) is 0 Å². The van der Waals surface area contributed by atoms with E-state index in [1.54, 1.807) is 18.2 Å². The molecule has 0 aliphatic carbocycles. The first kappa shape index (κ1) is 15.5. The van der Waals surface area contributed by atoms with Gasteiger partial charge in [0.05, 0.1) is 5.56 Å². The highest BCUT2D eigenvalue weighted by atomic mass is 79.9. The predicted molar refractivity (Wildman–Crippen MR) is 76.8 cm³/mol. The Bertz CT molecular complexity index is 481. The average molecular weight is 325 g/mol. The minimum atomic E-state index is -0.174. The molecule has 0 spiro atoms. The number of nitriles is 1. The second-order valence-electron chi connectivity index (χ2n) is 4.57. The van der Waals surface area contributed by atoms with Crippen LogP contribution in [0.1, 0.15) is 25.8 Å².